The van der Waals surface area contributed by atoms with Gasteiger partial charge in [-0.1, -0.05) is 0 Å². The summed E-state index contributed by atoms with van der Waals surface area (Å²) in [6.45, 7) is 0. The first-order chi connectivity index (χ1) is 8.49. The highest BCUT2D eigenvalue weighted by molar-refractivity contribution is 7.89. The van der Waals surface area contributed by atoms with E-state index in [-0.39, 0.29) is 28.7 Å². The number of carboxylic acids is 1. The van der Waals surface area contributed by atoms with Crippen LogP contribution in [0.5, 0.6) is 0 Å². The molecule has 98 valence electrons. The van der Waals surface area contributed by atoms with Crippen LogP contribution in [0, 0.1) is 17.8 Å². The van der Waals surface area contributed by atoms with Gasteiger partial charge < -0.3 is 5.11 Å². The Hall–Kier alpha value is -0.920. The quantitative estimate of drug-likeness (QED) is 0.869. The maximum Gasteiger partial charge on any atom is 0.306 e. The lowest BCUT2D eigenvalue weighted by Crippen LogP contribution is -2.35. The summed E-state index contributed by atoms with van der Waals surface area (Å²) in [5.74, 6) is -0.818. The lowest BCUT2D eigenvalue weighted by molar-refractivity contribution is -0.142. The molecule has 4 atom stereocenters. The average molecular weight is 287 g/mol. The zero-order valence-electron chi connectivity index (χ0n) is 9.44. The zero-order chi connectivity index (χ0) is 12.9. The van der Waals surface area contributed by atoms with E-state index < -0.39 is 16.0 Å². The molecule has 1 heterocycles. The van der Waals surface area contributed by atoms with Crippen LogP contribution < -0.4 is 4.72 Å². The van der Waals surface area contributed by atoms with E-state index in [9.17, 15) is 13.2 Å². The molecule has 1 aromatic rings. The first kappa shape index (κ1) is 12.1. The molecule has 0 aromatic carbocycles. The summed E-state index contributed by atoms with van der Waals surface area (Å²) in [6.07, 6.45) is 1.24. The maximum absolute atomic E-state index is 12.0. The Morgan fingerprint density at radius 2 is 2.17 bits per heavy atom. The van der Waals surface area contributed by atoms with Crippen molar-refractivity contribution in [3.05, 3.63) is 16.8 Å². The van der Waals surface area contributed by atoms with Gasteiger partial charge in [0.05, 0.1) is 10.8 Å². The van der Waals surface area contributed by atoms with Crippen LogP contribution in [0.15, 0.2) is 21.7 Å². The van der Waals surface area contributed by atoms with Crippen molar-refractivity contribution in [3.8, 4) is 0 Å². The fourth-order valence-corrected chi connectivity index (χ4v) is 5.20. The minimum atomic E-state index is -3.49. The number of hydrogen-bond donors (Lipinski definition) is 2. The molecular formula is C11H13NO4S2. The van der Waals surface area contributed by atoms with Crippen molar-refractivity contribution in [2.75, 3.05) is 0 Å². The van der Waals surface area contributed by atoms with Gasteiger partial charge in [-0.2, -0.15) is 11.3 Å². The molecule has 0 radical (unpaired) electrons. The fourth-order valence-electron chi connectivity index (χ4n) is 2.88. The fraction of sp³-hybridized carbons (Fsp3) is 0.545. The Morgan fingerprint density at radius 3 is 2.72 bits per heavy atom. The highest BCUT2D eigenvalue weighted by Crippen LogP contribution is 2.55. The number of carboxylic acid groups (broad SMARTS) is 1. The van der Waals surface area contributed by atoms with Crippen LogP contribution in [-0.4, -0.2) is 25.5 Å². The largest absolute Gasteiger partial charge is 0.481 e. The molecule has 2 aliphatic carbocycles. The van der Waals surface area contributed by atoms with Gasteiger partial charge in [0, 0.05) is 11.4 Å². The number of nitrogens with one attached hydrogen (secondary N) is 1. The molecule has 1 aromatic heterocycles. The monoisotopic (exact) mass is 287 g/mol. The minimum absolute atomic E-state index is 0.165. The van der Waals surface area contributed by atoms with Crippen LogP contribution in [0.3, 0.4) is 0 Å². The van der Waals surface area contributed by atoms with Crippen LogP contribution in [-0.2, 0) is 14.8 Å². The number of hydrogen-bond acceptors (Lipinski definition) is 4. The smallest absolute Gasteiger partial charge is 0.306 e. The first-order valence-corrected chi connectivity index (χ1v) is 8.19. The third kappa shape index (κ3) is 1.96. The Kier molecular flexibility index (Phi) is 2.72. The van der Waals surface area contributed by atoms with Crippen LogP contribution in [0.25, 0.3) is 0 Å². The summed E-state index contributed by atoms with van der Waals surface area (Å²) in [7, 11) is -3.49. The maximum atomic E-state index is 12.0. The van der Waals surface area contributed by atoms with E-state index in [2.05, 4.69) is 4.72 Å². The minimum Gasteiger partial charge on any atom is -0.481 e. The van der Waals surface area contributed by atoms with Crippen molar-refractivity contribution in [3.63, 3.8) is 0 Å². The van der Waals surface area contributed by atoms with Gasteiger partial charge in [-0.15, -0.1) is 0 Å². The summed E-state index contributed by atoms with van der Waals surface area (Å²) in [4.78, 5) is 11.3. The van der Waals surface area contributed by atoms with E-state index in [0.717, 1.165) is 6.42 Å². The van der Waals surface area contributed by atoms with Crippen molar-refractivity contribution in [1.29, 1.82) is 0 Å². The second kappa shape index (κ2) is 4.04. The molecular weight excluding hydrogens is 274 g/mol. The molecule has 0 saturated heterocycles. The van der Waals surface area contributed by atoms with Crippen molar-refractivity contribution in [2.45, 2.75) is 23.8 Å². The Bertz CT molecular complexity index is 566. The third-order valence-corrected chi connectivity index (χ3v) is 6.18. The number of aliphatic carboxylic acids is 1. The highest BCUT2D eigenvalue weighted by atomic mass is 32.2. The van der Waals surface area contributed by atoms with Crippen molar-refractivity contribution < 1.29 is 18.3 Å². The molecule has 0 aliphatic heterocycles. The predicted molar refractivity (Wildman–Crippen MR) is 65.8 cm³/mol. The molecule has 18 heavy (non-hydrogen) atoms. The lowest BCUT2D eigenvalue weighted by Gasteiger charge is -2.15. The number of rotatable bonds is 4. The van der Waals surface area contributed by atoms with Crippen LogP contribution >= 0.6 is 11.3 Å². The van der Waals surface area contributed by atoms with Crippen LogP contribution in [0.1, 0.15) is 12.8 Å². The Morgan fingerprint density at radius 1 is 1.39 bits per heavy atom. The summed E-state index contributed by atoms with van der Waals surface area (Å²) in [6, 6.07) is 1.34. The van der Waals surface area contributed by atoms with Gasteiger partial charge in [-0.25, -0.2) is 13.1 Å². The number of thiophene rings is 1. The van der Waals surface area contributed by atoms with E-state index in [1.165, 1.54) is 11.3 Å². The summed E-state index contributed by atoms with van der Waals surface area (Å²) < 4.78 is 26.7. The molecule has 2 aliphatic rings. The Balaban J connectivity index is 1.74. The van der Waals surface area contributed by atoms with Gasteiger partial charge in [0.25, 0.3) is 0 Å². The van der Waals surface area contributed by atoms with Gasteiger partial charge in [-0.3, -0.25) is 4.79 Å². The molecule has 5 nitrogen and oxygen atoms in total. The predicted octanol–water partition coefficient (Wildman–Crippen LogP) is 1.14. The van der Waals surface area contributed by atoms with Crippen molar-refractivity contribution >= 4 is 27.3 Å². The summed E-state index contributed by atoms with van der Waals surface area (Å²) in [5.41, 5.74) is 0. The standard InChI is InChI=1S/C11H13NO4S2/c13-11(14)9-4-10(8-3-7(8)9)12-18(15,16)6-1-2-17-5-6/h1-2,5,7-10,12H,3-4H2,(H,13,14)/t7-,8+,9-,10+/m1/s1. The zero-order valence-corrected chi connectivity index (χ0v) is 11.1. The van der Waals surface area contributed by atoms with Gasteiger partial charge in [0.2, 0.25) is 10.0 Å². The molecule has 2 fully saturated rings. The second-order valence-electron chi connectivity index (χ2n) is 4.93. The number of sulfonamides is 1. The third-order valence-electron chi connectivity index (χ3n) is 3.86. The van der Waals surface area contributed by atoms with Gasteiger partial charge in [-0.05, 0) is 36.1 Å². The SMILES string of the molecule is O=C(O)[C@@H]1C[C@H](NS(=O)(=O)c2ccsc2)[C@H]2C[C@H]21. The highest BCUT2D eigenvalue weighted by Gasteiger charge is 2.57. The molecule has 2 saturated carbocycles. The molecule has 0 unspecified atom stereocenters. The van der Waals surface area contributed by atoms with Crippen molar-refractivity contribution in [1.82, 2.24) is 4.72 Å². The molecule has 7 heteroatoms. The molecule has 3 rings (SSSR count). The second-order valence-corrected chi connectivity index (χ2v) is 7.42. The average Bonchev–Trinajstić information content (AvgIpc) is 2.76. The van der Waals surface area contributed by atoms with Gasteiger partial charge in [0.1, 0.15) is 0 Å². The molecule has 0 amide bonds. The summed E-state index contributed by atoms with van der Waals surface area (Å²) >= 11 is 1.33. The molecule has 0 spiro atoms. The summed E-state index contributed by atoms with van der Waals surface area (Å²) in [5, 5.41) is 12.3. The van der Waals surface area contributed by atoms with E-state index >= 15 is 0 Å². The van der Waals surface area contributed by atoms with Gasteiger partial charge in [0.15, 0.2) is 0 Å². The van der Waals surface area contributed by atoms with E-state index in [4.69, 9.17) is 5.11 Å². The van der Waals surface area contributed by atoms with Crippen LogP contribution in [0.4, 0.5) is 0 Å². The van der Waals surface area contributed by atoms with E-state index in [1.54, 1.807) is 16.8 Å². The van der Waals surface area contributed by atoms with Gasteiger partial charge >= 0.3 is 5.97 Å². The first-order valence-electron chi connectivity index (χ1n) is 5.76. The number of carbonyl (C=O) groups is 1. The van der Waals surface area contributed by atoms with E-state index in [0.29, 0.717) is 6.42 Å². The number of fused-ring (bicyclic) bond motifs is 1. The lowest BCUT2D eigenvalue weighted by atomic mass is 10.0. The topological polar surface area (TPSA) is 83.5 Å². The Labute approximate surface area is 109 Å². The van der Waals surface area contributed by atoms with E-state index in [1.807, 2.05) is 0 Å². The molecule has 2 N–H and O–H groups in total. The normalized spacial score (nSPS) is 34.2. The van der Waals surface area contributed by atoms with Crippen molar-refractivity contribution in [2.24, 2.45) is 17.8 Å². The van der Waals surface area contributed by atoms with Crippen LogP contribution in [0.2, 0.25) is 0 Å². The molecule has 0 bridgehead atoms.